The molecule has 1 aliphatic rings. The van der Waals surface area contributed by atoms with E-state index >= 15 is 0 Å². The Hall–Kier alpha value is -0.480. The fourth-order valence-corrected chi connectivity index (χ4v) is 3.30. The fraction of sp³-hybridized carbons (Fsp3) is 0.846. The van der Waals surface area contributed by atoms with Gasteiger partial charge in [0.05, 0.1) is 0 Å². The quantitative estimate of drug-likeness (QED) is 0.792. The summed E-state index contributed by atoms with van der Waals surface area (Å²) < 4.78 is 0. The highest BCUT2D eigenvalue weighted by Crippen LogP contribution is 2.35. The molecule has 1 heterocycles. The van der Waals surface area contributed by atoms with Crippen LogP contribution in [0.2, 0.25) is 0 Å². The Labute approximate surface area is 108 Å². The molecule has 0 spiro atoms. The molecular formula is C13H23N3S. The van der Waals surface area contributed by atoms with Crippen LogP contribution in [0.1, 0.15) is 55.5 Å². The lowest BCUT2D eigenvalue weighted by Gasteiger charge is -2.05. The van der Waals surface area contributed by atoms with Crippen LogP contribution in [0.15, 0.2) is 0 Å². The number of rotatable bonds is 6. The summed E-state index contributed by atoms with van der Waals surface area (Å²) in [5, 5.41) is 14.6. The summed E-state index contributed by atoms with van der Waals surface area (Å²) in [5.41, 5.74) is 0. The maximum absolute atomic E-state index is 4.35. The van der Waals surface area contributed by atoms with Gasteiger partial charge in [-0.2, -0.15) is 0 Å². The Kier molecular flexibility index (Phi) is 4.92. The number of aromatic nitrogens is 2. The SMILES string of the molecule is CC(C)CNCCc1nnc(C2CCCC2)s1. The van der Waals surface area contributed by atoms with Crippen molar-refractivity contribution in [2.75, 3.05) is 13.1 Å². The molecule has 0 amide bonds. The van der Waals surface area contributed by atoms with Gasteiger partial charge in [0.1, 0.15) is 10.0 Å². The van der Waals surface area contributed by atoms with E-state index in [9.17, 15) is 0 Å². The lowest BCUT2D eigenvalue weighted by molar-refractivity contribution is 0.553. The Bertz CT molecular complexity index is 329. The average Bonchev–Trinajstić information content (AvgIpc) is 2.94. The summed E-state index contributed by atoms with van der Waals surface area (Å²) in [7, 11) is 0. The molecule has 0 unspecified atom stereocenters. The first-order valence-electron chi connectivity index (χ1n) is 6.78. The van der Waals surface area contributed by atoms with Gasteiger partial charge in [-0.25, -0.2) is 0 Å². The van der Waals surface area contributed by atoms with Crippen molar-refractivity contribution in [2.24, 2.45) is 5.92 Å². The van der Waals surface area contributed by atoms with Gasteiger partial charge in [-0.05, 0) is 25.3 Å². The Balaban J connectivity index is 1.74. The topological polar surface area (TPSA) is 37.8 Å². The van der Waals surface area contributed by atoms with E-state index in [4.69, 9.17) is 0 Å². The van der Waals surface area contributed by atoms with Crippen molar-refractivity contribution >= 4 is 11.3 Å². The van der Waals surface area contributed by atoms with Gasteiger partial charge < -0.3 is 5.32 Å². The van der Waals surface area contributed by atoms with Gasteiger partial charge in [0, 0.05) is 18.9 Å². The Morgan fingerprint density at radius 3 is 2.76 bits per heavy atom. The lowest BCUT2D eigenvalue weighted by atomic mass is 10.1. The van der Waals surface area contributed by atoms with Crippen molar-refractivity contribution in [2.45, 2.75) is 51.9 Å². The van der Waals surface area contributed by atoms with Crippen LogP contribution >= 0.6 is 11.3 Å². The molecule has 1 N–H and O–H groups in total. The predicted molar refractivity (Wildman–Crippen MR) is 72.5 cm³/mol. The molecule has 4 heteroatoms. The predicted octanol–water partition coefficient (Wildman–Crippen LogP) is 2.98. The van der Waals surface area contributed by atoms with Crippen LogP contribution in [-0.4, -0.2) is 23.3 Å². The summed E-state index contributed by atoms with van der Waals surface area (Å²) in [6, 6.07) is 0. The molecular weight excluding hydrogens is 230 g/mol. The van der Waals surface area contributed by atoms with E-state index in [0.717, 1.165) is 25.4 Å². The molecule has 1 aromatic heterocycles. The molecule has 3 nitrogen and oxygen atoms in total. The lowest BCUT2D eigenvalue weighted by Crippen LogP contribution is -2.22. The number of hydrogen-bond donors (Lipinski definition) is 1. The maximum Gasteiger partial charge on any atom is 0.120 e. The molecule has 0 aliphatic heterocycles. The third kappa shape index (κ3) is 4.03. The molecule has 2 rings (SSSR count). The van der Waals surface area contributed by atoms with E-state index in [-0.39, 0.29) is 0 Å². The number of nitrogens with zero attached hydrogens (tertiary/aromatic N) is 2. The summed E-state index contributed by atoms with van der Waals surface area (Å²) in [4.78, 5) is 0. The first kappa shape index (κ1) is 13.0. The third-order valence-electron chi connectivity index (χ3n) is 3.26. The molecule has 1 aliphatic carbocycles. The molecule has 0 atom stereocenters. The standard InChI is InChI=1S/C13H23N3S/c1-10(2)9-14-8-7-12-15-16-13(17-12)11-5-3-4-6-11/h10-11,14H,3-9H2,1-2H3. The summed E-state index contributed by atoms with van der Waals surface area (Å²) in [6.07, 6.45) is 6.41. The van der Waals surface area contributed by atoms with E-state index in [1.165, 1.54) is 35.7 Å². The summed E-state index contributed by atoms with van der Waals surface area (Å²) in [6.45, 7) is 6.58. The van der Waals surface area contributed by atoms with Gasteiger partial charge in [0.15, 0.2) is 0 Å². The first-order chi connectivity index (χ1) is 8.25. The van der Waals surface area contributed by atoms with E-state index in [1.807, 2.05) is 11.3 Å². The second-order valence-electron chi connectivity index (χ2n) is 5.36. The minimum absolute atomic E-state index is 0.713. The minimum atomic E-state index is 0.713. The molecule has 1 saturated carbocycles. The van der Waals surface area contributed by atoms with Crippen molar-refractivity contribution in [3.8, 4) is 0 Å². The van der Waals surface area contributed by atoms with Crippen molar-refractivity contribution in [3.63, 3.8) is 0 Å². The molecule has 0 saturated heterocycles. The van der Waals surface area contributed by atoms with Crippen molar-refractivity contribution in [3.05, 3.63) is 10.0 Å². The van der Waals surface area contributed by atoms with E-state index in [0.29, 0.717) is 5.92 Å². The Morgan fingerprint density at radius 2 is 2.06 bits per heavy atom. The van der Waals surface area contributed by atoms with Crippen molar-refractivity contribution < 1.29 is 0 Å². The highest BCUT2D eigenvalue weighted by Gasteiger charge is 2.20. The van der Waals surface area contributed by atoms with Gasteiger partial charge in [-0.1, -0.05) is 26.7 Å². The second kappa shape index (κ2) is 6.45. The first-order valence-corrected chi connectivity index (χ1v) is 7.60. The molecule has 1 fully saturated rings. The van der Waals surface area contributed by atoms with Gasteiger partial charge in [0.25, 0.3) is 0 Å². The Morgan fingerprint density at radius 1 is 1.29 bits per heavy atom. The summed E-state index contributed by atoms with van der Waals surface area (Å²) >= 11 is 1.83. The molecule has 0 bridgehead atoms. The smallest absolute Gasteiger partial charge is 0.120 e. The van der Waals surface area contributed by atoms with Gasteiger partial charge in [0.2, 0.25) is 0 Å². The molecule has 0 radical (unpaired) electrons. The summed E-state index contributed by atoms with van der Waals surface area (Å²) in [5.74, 6) is 1.43. The number of nitrogens with one attached hydrogen (secondary N) is 1. The zero-order valence-electron chi connectivity index (χ0n) is 10.9. The van der Waals surface area contributed by atoms with Crippen LogP contribution < -0.4 is 5.32 Å². The molecule has 96 valence electrons. The zero-order chi connectivity index (χ0) is 12.1. The fourth-order valence-electron chi connectivity index (χ4n) is 2.29. The highest BCUT2D eigenvalue weighted by molar-refractivity contribution is 7.11. The van der Waals surface area contributed by atoms with Crippen LogP contribution in [0, 0.1) is 5.92 Å². The highest BCUT2D eigenvalue weighted by atomic mass is 32.1. The van der Waals surface area contributed by atoms with Gasteiger partial charge in [-0.3, -0.25) is 0 Å². The van der Waals surface area contributed by atoms with E-state index in [1.54, 1.807) is 0 Å². The second-order valence-corrected chi connectivity index (χ2v) is 6.46. The van der Waals surface area contributed by atoms with Gasteiger partial charge in [-0.15, -0.1) is 21.5 Å². The van der Waals surface area contributed by atoms with Crippen molar-refractivity contribution in [1.29, 1.82) is 0 Å². The van der Waals surface area contributed by atoms with Gasteiger partial charge >= 0.3 is 0 Å². The van der Waals surface area contributed by atoms with Crippen molar-refractivity contribution in [1.82, 2.24) is 15.5 Å². The van der Waals surface area contributed by atoms with Crippen LogP contribution in [0.5, 0.6) is 0 Å². The maximum atomic E-state index is 4.35. The number of hydrogen-bond acceptors (Lipinski definition) is 4. The molecule has 17 heavy (non-hydrogen) atoms. The molecule has 0 aromatic carbocycles. The third-order valence-corrected chi connectivity index (χ3v) is 4.40. The van der Waals surface area contributed by atoms with E-state index in [2.05, 4.69) is 29.4 Å². The molecule has 1 aromatic rings. The zero-order valence-corrected chi connectivity index (χ0v) is 11.7. The van der Waals surface area contributed by atoms with Crippen LogP contribution in [0.25, 0.3) is 0 Å². The minimum Gasteiger partial charge on any atom is -0.316 e. The van der Waals surface area contributed by atoms with Crippen LogP contribution in [0.3, 0.4) is 0 Å². The normalized spacial score (nSPS) is 17.1. The monoisotopic (exact) mass is 253 g/mol. The largest absolute Gasteiger partial charge is 0.316 e. The van der Waals surface area contributed by atoms with E-state index < -0.39 is 0 Å². The average molecular weight is 253 g/mol. The van der Waals surface area contributed by atoms with Crippen LogP contribution in [0.4, 0.5) is 0 Å². The van der Waals surface area contributed by atoms with Crippen LogP contribution in [-0.2, 0) is 6.42 Å².